The van der Waals surface area contributed by atoms with Crippen LogP contribution in [0.2, 0.25) is 0 Å². The molecule has 0 aliphatic heterocycles. The van der Waals surface area contributed by atoms with Crippen molar-refractivity contribution in [2.24, 2.45) is 0 Å². The fourth-order valence-electron chi connectivity index (χ4n) is 3.15. The maximum atomic E-state index is 13.4. The number of rotatable bonds is 7. The zero-order valence-electron chi connectivity index (χ0n) is 17.7. The van der Waals surface area contributed by atoms with Gasteiger partial charge in [-0.3, -0.25) is 9.10 Å². The van der Waals surface area contributed by atoms with Crippen LogP contribution in [0.3, 0.4) is 0 Å². The lowest BCUT2D eigenvalue weighted by atomic mass is 10.0. The third kappa shape index (κ3) is 5.65. The Bertz CT molecular complexity index is 1160. The monoisotopic (exact) mass is 548 g/mol. The zero-order valence-corrected chi connectivity index (χ0v) is 20.6. The van der Waals surface area contributed by atoms with Gasteiger partial charge in [-0.1, -0.05) is 44.2 Å². The van der Waals surface area contributed by atoms with E-state index in [2.05, 4.69) is 41.8 Å². The summed E-state index contributed by atoms with van der Waals surface area (Å²) in [7, 11) is -3.92. The highest BCUT2D eigenvalue weighted by Gasteiger charge is 2.27. The molecule has 0 aliphatic carbocycles. The number of anilines is 2. The van der Waals surface area contributed by atoms with Gasteiger partial charge in [0, 0.05) is 9.26 Å². The van der Waals surface area contributed by atoms with Gasteiger partial charge < -0.3 is 5.32 Å². The second-order valence-corrected chi connectivity index (χ2v) is 10.7. The highest BCUT2D eigenvalue weighted by Crippen LogP contribution is 2.26. The molecule has 5 nitrogen and oxygen atoms in total. The quantitative estimate of drug-likeness (QED) is 0.394. The van der Waals surface area contributed by atoms with E-state index in [0.29, 0.717) is 17.3 Å². The molecule has 0 atom stereocenters. The Morgan fingerprint density at radius 2 is 1.65 bits per heavy atom. The largest absolute Gasteiger partial charge is 0.324 e. The minimum atomic E-state index is -3.92. The highest BCUT2D eigenvalue weighted by molar-refractivity contribution is 14.1. The molecule has 0 aromatic heterocycles. The first-order valence-electron chi connectivity index (χ1n) is 9.92. The van der Waals surface area contributed by atoms with Gasteiger partial charge in [-0.25, -0.2) is 8.42 Å². The number of nitrogens with one attached hydrogen (secondary N) is 1. The van der Waals surface area contributed by atoms with Gasteiger partial charge in [-0.2, -0.15) is 0 Å². The summed E-state index contributed by atoms with van der Waals surface area (Å²) in [6.07, 6.45) is 0. The number of nitrogens with zero attached hydrogens (tertiary/aromatic N) is 1. The first kappa shape index (κ1) is 23.3. The average Bonchev–Trinajstić information content (AvgIpc) is 2.74. The summed E-state index contributed by atoms with van der Waals surface area (Å²) in [5.74, 6) is -0.0860. The number of amides is 1. The molecule has 0 bridgehead atoms. The minimum absolute atomic E-state index is 0.140. The van der Waals surface area contributed by atoms with Crippen LogP contribution in [0.5, 0.6) is 0 Å². The molecule has 0 spiro atoms. The van der Waals surface area contributed by atoms with Crippen molar-refractivity contribution in [3.8, 4) is 0 Å². The predicted molar refractivity (Wildman–Crippen MR) is 134 cm³/mol. The fourth-order valence-corrected chi connectivity index (χ4v) is 5.24. The van der Waals surface area contributed by atoms with E-state index in [4.69, 9.17) is 0 Å². The summed E-state index contributed by atoms with van der Waals surface area (Å²) in [5, 5.41) is 2.84. The lowest BCUT2D eigenvalue weighted by Crippen LogP contribution is -2.38. The van der Waals surface area contributed by atoms with E-state index in [9.17, 15) is 13.2 Å². The van der Waals surface area contributed by atoms with Gasteiger partial charge in [0.05, 0.1) is 10.6 Å². The third-order valence-corrected chi connectivity index (χ3v) is 7.39. The van der Waals surface area contributed by atoms with Crippen LogP contribution in [0.1, 0.15) is 30.9 Å². The van der Waals surface area contributed by atoms with E-state index in [0.717, 1.165) is 19.0 Å². The highest BCUT2D eigenvalue weighted by atomic mass is 127. The second-order valence-electron chi connectivity index (χ2n) is 7.58. The molecule has 0 saturated heterocycles. The molecule has 0 unspecified atom stereocenters. The molecule has 3 rings (SSSR count). The van der Waals surface area contributed by atoms with Crippen LogP contribution in [0.4, 0.5) is 11.4 Å². The van der Waals surface area contributed by atoms with Gasteiger partial charge in [-0.05, 0) is 89.0 Å². The Labute approximate surface area is 197 Å². The smallest absolute Gasteiger partial charge is 0.264 e. The lowest BCUT2D eigenvalue weighted by molar-refractivity contribution is -0.114. The van der Waals surface area contributed by atoms with Crippen molar-refractivity contribution < 1.29 is 13.2 Å². The topological polar surface area (TPSA) is 66.5 Å². The van der Waals surface area contributed by atoms with E-state index in [1.165, 1.54) is 12.1 Å². The number of carbonyl (C=O) groups is 1. The Kier molecular flexibility index (Phi) is 7.38. The van der Waals surface area contributed by atoms with Crippen molar-refractivity contribution in [1.29, 1.82) is 0 Å². The number of sulfonamides is 1. The third-order valence-electron chi connectivity index (χ3n) is 4.93. The molecular formula is C24H25IN2O3S. The van der Waals surface area contributed by atoms with Crippen molar-refractivity contribution in [3.63, 3.8) is 0 Å². The SMILES string of the molecule is Cc1cc(I)ccc1NC(=O)CN(c1ccc(C(C)C)cc1)S(=O)(=O)c1ccccc1. The van der Waals surface area contributed by atoms with E-state index < -0.39 is 15.9 Å². The van der Waals surface area contributed by atoms with Gasteiger partial charge >= 0.3 is 0 Å². The molecule has 1 N–H and O–H groups in total. The second kappa shape index (κ2) is 9.82. The van der Waals surface area contributed by atoms with Gasteiger partial charge in [0.1, 0.15) is 6.54 Å². The molecule has 31 heavy (non-hydrogen) atoms. The molecule has 3 aromatic rings. The molecule has 0 heterocycles. The molecule has 3 aromatic carbocycles. The molecule has 0 fully saturated rings. The Morgan fingerprint density at radius 3 is 2.23 bits per heavy atom. The maximum Gasteiger partial charge on any atom is 0.264 e. The van der Waals surface area contributed by atoms with Crippen molar-refractivity contribution in [3.05, 3.63) is 87.5 Å². The van der Waals surface area contributed by atoms with E-state index in [-0.39, 0.29) is 11.4 Å². The summed E-state index contributed by atoms with van der Waals surface area (Å²) in [4.78, 5) is 13.0. The van der Waals surface area contributed by atoms with Crippen LogP contribution in [0.25, 0.3) is 0 Å². The van der Waals surface area contributed by atoms with Crippen LogP contribution in [0.15, 0.2) is 77.7 Å². The standard InChI is InChI=1S/C24H25IN2O3S/c1-17(2)19-9-12-21(13-10-19)27(31(29,30)22-7-5-4-6-8-22)16-24(28)26-23-14-11-20(25)15-18(23)3/h4-15,17H,16H2,1-3H3,(H,26,28). The van der Waals surface area contributed by atoms with Gasteiger partial charge in [-0.15, -0.1) is 0 Å². The number of hydrogen-bond acceptors (Lipinski definition) is 3. The van der Waals surface area contributed by atoms with E-state index in [1.807, 2.05) is 37.3 Å². The van der Waals surface area contributed by atoms with Crippen LogP contribution in [-0.4, -0.2) is 20.9 Å². The zero-order chi connectivity index (χ0) is 22.6. The summed E-state index contributed by atoms with van der Waals surface area (Å²) in [6.45, 7) is 5.72. The fraction of sp³-hybridized carbons (Fsp3) is 0.208. The lowest BCUT2D eigenvalue weighted by Gasteiger charge is -2.24. The van der Waals surface area contributed by atoms with Gasteiger partial charge in [0.2, 0.25) is 5.91 Å². The predicted octanol–water partition coefficient (Wildman–Crippen LogP) is 5.56. The Morgan fingerprint density at radius 1 is 1.00 bits per heavy atom. The summed E-state index contributed by atoms with van der Waals surface area (Å²) >= 11 is 2.21. The average molecular weight is 548 g/mol. The maximum absolute atomic E-state index is 13.4. The molecular weight excluding hydrogens is 523 g/mol. The van der Waals surface area contributed by atoms with Crippen LogP contribution in [0, 0.1) is 10.5 Å². The number of aryl methyl sites for hydroxylation is 1. The Hall–Kier alpha value is -2.39. The van der Waals surface area contributed by atoms with E-state index in [1.54, 1.807) is 30.3 Å². The van der Waals surface area contributed by atoms with Crippen LogP contribution in [-0.2, 0) is 14.8 Å². The molecule has 7 heteroatoms. The first-order chi connectivity index (χ1) is 14.7. The number of halogens is 1. The van der Waals surface area contributed by atoms with Gasteiger partial charge in [0.15, 0.2) is 0 Å². The van der Waals surface area contributed by atoms with Crippen molar-refractivity contribution in [2.45, 2.75) is 31.6 Å². The normalized spacial score (nSPS) is 11.4. The summed E-state index contributed by atoms with van der Waals surface area (Å²) in [6, 6.07) is 21.1. The molecule has 162 valence electrons. The first-order valence-corrected chi connectivity index (χ1v) is 12.4. The van der Waals surface area contributed by atoms with Crippen LogP contribution >= 0.6 is 22.6 Å². The Balaban J connectivity index is 1.94. The number of carbonyl (C=O) groups excluding carboxylic acids is 1. The van der Waals surface area contributed by atoms with Crippen LogP contribution < -0.4 is 9.62 Å². The summed E-state index contributed by atoms with van der Waals surface area (Å²) < 4.78 is 29.0. The molecule has 0 aliphatic rings. The number of benzene rings is 3. The summed E-state index contributed by atoms with van der Waals surface area (Å²) in [5.41, 5.74) is 3.12. The van der Waals surface area contributed by atoms with Crippen molar-refractivity contribution in [2.75, 3.05) is 16.2 Å². The van der Waals surface area contributed by atoms with Crippen molar-refractivity contribution in [1.82, 2.24) is 0 Å². The molecule has 0 radical (unpaired) electrons. The van der Waals surface area contributed by atoms with Crippen molar-refractivity contribution >= 4 is 49.9 Å². The molecule has 1 amide bonds. The minimum Gasteiger partial charge on any atom is -0.324 e. The number of hydrogen-bond donors (Lipinski definition) is 1. The van der Waals surface area contributed by atoms with E-state index >= 15 is 0 Å². The van der Waals surface area contributed by atoms with Gasteiger partial charge in [0.25, 0.3) is 10.0 Å². The molecule has 0 saturated carbocycles.